The summed E-state index contributed by atoms with van der Waals surface area (Å²) in [5.41, 5.74) is 6.60. The van der Waals surface area contributed by atoms with Crippen molar-refractivity contribution in [3.05, 3.63) is 42.0 Å². The van der Waals surface area contributed by atoms with Crippen molar-refractivity contribution >= 4 is 11.6 Å². The lowest BCUT2D eigenvalue weighted by Gasteiger charge is -2.07. The number of aromatic nitrogens is 3. The van der Waals surface area contributed by atoms with Crippen LogP contribution in [0.25, 0.3) is 0 Å². The number of hydrogen-bond donors (Lipinski definition) is 2. The van der Waals surface area contributed by atoms with Crippen LogP contribution in [0.3, 0.4) is 0 Å². The molecule has 0 aliphatic heterocycles. The number of aryl methyl sites for hydroxylation is 1. The van der Waals surface area contributed by atoms with Gasteiger partial charge in [-0.3, -0.25) is 4.79 Å². The van der Waals surface area contributed by atoms with Gasteiger partial charge in [0.2, 0.25) is 5.91 Å². The van der Waals surface area contributed by atoms with Gasteiger partial charge >= 0.3 is 0 Å². The van der Waals surface area contributed by atoms with Crippen LogP contribution in [0.15, 0.2) is 30.6 Å². The third kappa shape index (κ3) is 3.31. The summed E-state index contributed by atoms with van der Waals surface area (Å²) in [6, 6.07) is 7.03. The van der Waals surface area contributed by atoms with E-state index in [0.29, 0.717) is 12.1 Å². The highest BCUT2D eigenvalue weighted by Crippen LogP contribution is 2.10. The summed E-state index contributed by atoms with van der Waals surface area (Å²) in [4.78, 5) is 15.2. The summed E-state index contributed by atoms with van der Waals surface area (Å²) >= 11 is 0. The van der Waals surface area contributed by atoms with E-state index in [1.165, 1.54) is 0 Å². The molecule has 1 amide bonds. The highest BCUT2D eigenvalue weighted by atomic mass is 16.1. The molecule has 0 bridgehead atoms. The monoisotopic (exact) mass is 259 g/mol. The Balaban J connectivity index is 1.98. The lowest BCUT2D eigenvalue weighted by molar-refractivity contribution is 0.100. The van der Waals surface area contributed by atoms with E-state index < -0.39 is 5.91 Å². The Morgan fingerprint density at radius 2 is 2.11 bits per heavy atom. The van der Waals surface area contributed by atoms with Gasteiger partial charge in [-0.25, -0.2) is 9.67 Å². The first-order valence-corrected chi connectivity index (χ1v) is 6.21. The first-order valence-electron chi connectivity index (χ1n) is 6.21. The molecule has 0 saturated carbocycles. The molecule has 0 aliphatic rings. The molecule has 6 nitrogen and oxygen atoms in total. The predicted octanol–water partition coefficient (Wildman–Crippen LogP) is 1.40. The molecule has 2 aromatic rings. The first kappa shape index (κ1) is 13.1. The third-order valence-corrected chi connectivity index (χ3v) is 2.75. The lowest BCUT2D eigenvalue weighted by Crippen LogP contribution is -2.11. The van der Waals surface area contributed by atoms with Gasteiger partial charge in [0.25, 0.3) is 0 Å². The summed E-state index contributed by atoms with van der Waals surface area (Å²) in [7, 11) is 0. The normalized spacial score (nSPS) is 10.4. The number of nitrogens with two attached hydrogens (primary N) is 1. The number of primary amides is 1. The van der Waals surface area contributed by atoms with Crippen LogP contribution in [0, 0.1) is 0 Å². The molecule has 1 aromatic heterocycles. The molecule has 1 heterocycles. The fraction of sp³-hybridized carbons (Fsp3) is 0.308. The molecule has 1 aromatic carbocycles. The number of benzene rings is 1. The number of amides is 1. The molecule has 0 radical (unpaired) electrons. The number of anilines is 1. The first-order chi connectivity index (χ1) is 9.20. The van der Waals surface area contributed by atoms with Gasteiger partial charge in [0.1, 0.15) is 12.2 Å². The van der Waals surface area contributed by atoms with Crippen molar-refractivity contribution in [3.8, 4) is 0 Å². The standard InChI is InChI=1S/C13H17N5O/c1-2-7-18-12(16-9-17-18)8-15-11-5-3-10(4-6-11)13(14)19/h3-6,9,15H,2,7-8H2,1H3,(H2,14,19). The number of nitrogens with zero attached hydrogens (tertiary/aromatic N) is 3. The van der Waals surface area contributed by atoms with E-state index in [4.69, 9.17) is 5.73 Å². The number of carbonyl (C=O) groups excluding carboxylic acids is 1. The van der Waals surface area contributed by atoms with Crippen LogP contribution < -0.4 is 11.1 Å². The number of carbonyl (C=O) groups is 1. The Bertz CT molecular complexity index is 546. The molecule has 0 aliphatic carbocycles. The van der Waals surface area contributed by atoms with E-state index in [9.17, 15) is 4.79 Å². The second kappa shape index (κ2) is 5.99. The summed E-state index contributed by atoms with van der Waals surface area (Å²) < 4.78 is 1.88. The second-order valence-electron chi connectivity index (χ2n) is 4.19. The third-order valence-electron chi connectivity index (χ3n) is 2.75. The van der Waals surface area contributed by atoms with E-state index in [-0.39, 0.29) is 0 Å². The number of nitrogens with one attached hydrogen (secondary N) is 1. The molecular weight excluding hydrogens is 242 g/mol. The van der Waals surface area contributed by atoms with Crippen molar-refractivity contribution in [2.24, 2.45) is 5.73 Å². The highest BCUT2D eigenvalue weighted by Gasteiger charge is 2.04. The van der Waals surface area contributed by atoms with Crippen molar-refractivity contribution in [2.45, 2.75) is 26.4 Å². The van der Waals surface area contributed by atoms with Crippen molar-refractivity contribution in [2.75, 3.05) is 5.32 Å². The van der Waals surface area contributed by atoms with Crippen molar-refractivity contribution in [1.29, 1.82) is 0 Å². The van der Waals surface area contributed by atoms with Crippen LogP contribution in [-0.2, 0) is 13.1 Å². The van der Waals surface area contributed by atoms with E-state index in [2.05, 4.69) is 22.3 Å². The predicted molar refractivity (Wildman–Crippen MR) is 72.6 cm³/mol. The molecule has 0 unspecified atom stereocenters. The average molecular weight is 259 g/mol. The van der Waals surface area contributed by atoms with Gasteiger partial charge < -0.3 is 11.1 Å². The molecule has 0 saturated heterocycles. The molecule has 0 atom stereocenters. The van der Waals surface area contributed by atoms with Crippen LogP contribution in [-0.4, -0.2) is 20.7 Å². The van der Waals surface area contributed by atoms with Gasteiger partial charge in [-0.2, -0.15) is 5.10 Å². The summed E-state index contributed by atoms with van der Waals surface area (Å²) in [5.74, 6) is 0.468. The summed E-state index contributed by atoms with van der Waals surface area (Å²) in [6.07, 6.45) is 2.58. The van der Waals surface area contributed by atoms with Gasteiger partial charge in [0, 0.05) is 17.8 Å². The van der Waals surface area contributed by atoms with E-state index in [1.807, 2.05) is 16.8 Å². The molecule has 0 fully saturated rings. The summed E-state index contributed by atoms with van der Waals surface area (Å²) in [5, 5.41) is 7.40. The maximum atomic E-state index is 11.0. The molecule has 0 spiro atoms. The Labute approximate surface area is 111 Å². The minimum absolute atomic E-state index is 0.422. The van der Waals surface area contributed by atoms with Crippen LogP contribution in [0.2, 0.25) is 0 Å². The van der Waals surface area contributed by atoms with Gasteiger partial charge in [0.15, 0.2) is 0 Å². The quantitative estimate of drug-likeness (QED) is 0.821. The maximum Gasteiger partial charge on any atom is 0.248 e. The molecule has 2 rings (SSSR count). The zero-order valence-corrected chi connectivity index (χ0v) is 10.8. The van der Waals surface area contributed by atoms with Crippen molar-refractivity contribution in [3.63, 3.8) is 0 Å². The second-order valence-corrected chi connectivity index (χ2v) is 4.19. The minimum atomic E-state index is -0.422. The Morgan fingerprint density at radius 3 is 2.74 bits per heavy atom. The zero-order valence-electron chi connectivity index (χ0n) is 10.8. The largest absolute Gasteiger partial charge is 0.378 e. The fourth-order valence-electron chi connectivity index (χ4n) is 1.76. The highest BCUT2D eigenvalue weighted by molar-refractivity contribution is 5.93. The minimum Gasteiger partial charge on any atom is -0.378 e. The van der Waals surface area contributed by atoms with Crippen LogP contribution in [0.5, 0.6) is 0 Å². The van der Waals surface area contributed by atoms with Gasteiger partial charge in [-0.15, -0.1) is 0 Å². The van der Waals surface area contributed by atoms with Crippen LogP contribution in [0.4, 0.5) is 5.69 Å². The Hall–Kier alpha value is -2.37. The topological polar surface area (TPSA) is 85.8 Å². The van der Waals surface area contributed by atoms with Crippen LogP contribution >= 0.6 is 0 Å². The molecule has 6 heteroatoms. The maximum absolute atomic E-state index is 11.0. The van der Waals surface area contributed by atoms with Gasteiger partial charge in [-0.05, 0) is 30.7 Å². The fourth-order valence-corrected chi connectivity index (χ4v) is 1.76. The van der Waals surface area contributed by atoms with Crippen molar-refractivity contribution in [1.82, 2.24) is 14.8 Å². The smallest absolute Gasteiger partial charge is 0.248 e. The van der Waals surface area contributed by atoms with Crippen molar-refractivity contribution < 1.29 is 4.79 Å². The molecule has 100 valence electrons. The summed E-state index contributed by atoms with van der Waals surface area (Å²) in [6.45, 7) is 3.55. The van der Waals surface area contributed by atoms with E-state index in [0.717, 1.165) is 24.5 Å². The van der Waals surface area contributed by atoms with E-state index in [1.54, 1.807) is 18.5 Å². The van der Waals surface area contributed by atoms with Gasteiger partial charge in [-0.1, -0.05) is 6.92 Å². The van der Waals surface area contributed by atoms with E-state index >= 15 is 0 Å². The number of hydrogen-bond acceptors (Lipinski definition) is 4. The number of rotatable bonds is 6. The van der Waals surface area contributed by atoms with Crippen LogP contribution in [0.1, 0.15) is 29.5 Å². The molecule has 19 heavy (non-hydrogen) atoms. The lowest BCUT2D eigenvalue weighted by atomic mass is 10.2. The zero-order chi connectivity index (χ0) is 13.7. The Morgan fingerprint density at radius 1 is 1.37 bits per heavy atom. The Kier molecular flexibility index (Phi) is 4.12. The average Bonchev–Trinajstić information content (AvgIpc) is 2.85. The SMILES string of the molecule is CCCn1ncnc1CNc1ccc(C(N)=O)cc1. The van der Waals surface area contributed by atoms with Gasteiger partial charge in [0.05, 0.1) is 6.54 Å². The molecular formula is C13H17N5O. The molecule has 3 N–H and O–H groups in total.